The molecule has 0 aliphatic carbocycles. The summed E-state index contributed by atoms with van der Waals surface area (Å²) < 4.78 is 5.52. The van der Waals surface area contributed by atoms with Gasteiger partial charge >= 0.3 is 5.63 Å². The maximum Gasteiger partial charge on any atom is 0.360 e. The van der Waals surface area contributed by atoms with Gasteiger partial charge in [0.05, 0.1) is 6.04 Å². The van der Waals surface area contributed by atoms with Crippen molar-refractivity contribution in [3.8, 4) is 5.75 Å². The first-order chi connectivity index (χ1) is 16.0. The number of nitrogens with zero attached hydrogens (tertiary/aromatic N) is 2. The molecule has 5 rings (SSSR count). The van der Waals surface area contributed by atoms with E-state index in [1.807, 2.05) is 13.0 Å². The van der Waals surface area contributed by atoms with Crippen LogP contribution in [0, 0.1) is 5.92 Å². The number of hydrogen-bond acceptors (Lipinski definition) is 5. The van der Waals surface area contributed by atoms with Gasteiger partial charge in [-0.25, -0.2) is 4.79 Å². The maximum atomic E-state index is 13.5. The lowest BCUT2D eigenvalue weighted by Crippen LogP contribution is -2.52. The summed E-state index contributed by atoms with van der Waals surface area (Å²) in [5.41, 5.74) is 2.47. The Kier molecular flexibility index (Phi) is 5.94. The van der Waals surface area contributed by atoms with Gasteiger partial charge < -0.3 is 14.4 Å². The van der Waals surface area contributed by atoms with Crippen LogP contribution in [-0.4, -0.2) is 41.6 Å². The van der Waals surface area contributed by atoms with E-state index in [1.54, 1.807) is 17.0 Å². The van der Waals surface area contributed by atoms with Crippen molar-refractivity contribution in [2.75, 3.05) is 24.5 Å². The number of phenols is 1. The lowest BCUT2D eigenvalue weighted by Gasteiger charge is -2.38. The summed E-state index contributed by atoms with van der Waals surface area (Å²) in [6, 6.07) is 15.0. The SMILES string of the molecule is C[C@@H](C(=O)N1CCCc2c1c(=O)oc1ccc(O)cc21)N1CCC(Cc2ccccc2)CC1. The molecule has 3 aromatic rings. The molecule has 2 aliphatic rings. The molecule has 1 N–H and O–H groups in total. The Hall–Kier alpha value is -3.12. The van der Waals surface area contributed by atoms with Crippen molar-refractivity contribution in [2.24, 2.45) is 5.92 Å². The Labute approximate surface area is 193 Å². The van der Waals surface area contributed by atoms with E-state index in [2.05, 4.69) is 29.2 Å². The van der Waals surface area contributed by atoms with Crippen LogP contribution in [-0.2, 0) is 17.6 Å². The molecular formula is C27H30N2O4. The van der Waals surface area contributed by atoms with E-state index in [4.69, 9.17) is 4.42 Å². The minimum atomic E-state index is -0.481. The lowest BCUT2D eigenvalue weighted by atomic mass is 9.89. The number of benzene rings is 2. The van der Waals surface area contributed by atoms with Crippen LogP contribution in [0.15, 0.2) is 57.7 Å². The highest BCUT2D eigenvalue weighted by Crippen LogP contribution is 2.33. The average Bonchev–Trinajstić information content (AvgIpc) is 2.84. The highest BCUT2D eigenvalue weighted by molar-refractivity contribution is 6.00. The van der Waals surface area contributed by atoms with E-state index >= 15 is 0 Å². The third kappa shape index (κ3) is 4.27. The monoisotopic (exact) mass is 446 g/mol. The average molecular weight is 447 g/mol. The molecule has 1 amide bonds. The predicted octanol–water partition coefficient (Wildman–Crippen LogP) is 4.12. The van der Waals surface area contributed by atoms with Gasteiger partial charge in [0.25, 0.3) is 0 Å². The molecule has 1 atom stereocenters. The van der Waals surface area contributed by atoms with Gasteiger partial charge in [-0.15, -0.1) is 0 Å². The van der Waals surface area contributed by atoms with Gasteiger partial charge in [0, 0.05) is 11.9 Å². The van der Waals surface area contributed by atoms with Crippen molar-refractivity contribution >= 4 is 22.6 Å². The van der Waals surface area contributed by atoms with E-state index in [-0.39, 0.29) is 17.7 Å². The summed E-state index contributed by atoms with van der Waals surface area (Å²) in [4.78, 5) is 30.3. The molecule has 2 aliphatic heterocycles. The molecule has 0 spiro atoms. The summed E-state index contributed by atoms with van der Waals surface area (Å²) in [5, 5.41) is 10.6. The number of piperidine rings is 1. The van der Waals surface area contributed by atoms with Crippen molar-refractivity contribution in [3.63, 3.8) is 0 Å². The lowest BCUT2D eigenvalue weighted by molar-refractivity contribution is -0.124. The van der Waals surface area contributed by atoms with Gasteiger partial charge in [0.1, 0.15) is 17.0 Å². The molecule has 33 heavy (non-hydrogen) atoms. The molecule has 2 aromatic carbocycles. The summed E-state index contributed by atoms with van der Waals surface area (Å²) in [5.74, 6) is 0.700. The minimum Gasteiger partial charge on any atom is -0.508 e. The Morgan fingerprint density at radius 2 is 1.88 bits per heavy atom. The fourth-order valence-corrected chi connectivity index (χ4v) is 5.39. The number of likely N-dealkylation sites (tertiary alicyclic amines) is 1. The molecule has 0 saturated carbocycles. The van der Waals surface area contributed by atoms with Crippen LogP contribution < -0.4 is 10.5 Å². The molecule has 1 saturated heterocycles. The fourth-order valence-electron chi connectivity index (χ4n) is 5.39. The van der Waals surface area contributed by atoms with Crippen molar-refractivity contribution in [1.29, 1.82) is 0 Å². The zero-order valence-corrected chi connectivity index (χ0v) is 19.0. The van der Waals surface area contributed by atoms with Crippen LogP contribution >= 0.6 is 0 Å². The van der Waals surface area contributed by atoms with Crippen molar-refractivity contribution in [2.45, 2.75) is 45.1 Å². The molecular weight excluding hydrogens is 416 g/mol. The zero-order valence-electron chi connectivity index (χ0n) is 19.0. The van der Waals surface area contributed by atoms with Gasteiger partial charge in [0.15, 0.2) is 0 Å². The number of rotatable bonds is 4. The first kappa shape index (κ1) is 21.7. The Morgan fingerprint density at radius 3 is 2.64 bits per heavy atom. The Morgan fingerprint density at radius 1 is 1.12 bits per heavy atom. The smallest absolute Gasteiger partial charge is 0.360 e. The van der Waals surface area contributed by atoms with Crippen LogP contribution in [0.25, 0.3) is 11.0 Å². The van der Waals surface area contributed by atoms with Gasteiger partial charge in [-0.3, -0.25) is 9.69 Å². The summed E-state index contributed by atoms with van der Waals surface area (Å²) >= 11 is 0. The Balaban J connectivity index is 1.32. The van der Waals surface area contributed by atoms with Crippen molar-refractivity contribution < 1.29 is 14.3 Å². The van der Waals surface area contributed by atoms with Gasteiger partial charge in [-0.2, -0.15) is 0 Å². The van der Waals surface area contributed by atoms with E-state index < -0.39 is 5.63 Å². The van der Waals surface area contributed by atoms with Crippen LogP contribution in [0.2, 0.25) is 0 Å². The summed E-state index contributed by atoms with van der Waals surface area (Å²) in [6.45, 7) is 4.22. The van der Waals surface area contributed by atoms with Crippen LogP contribution in [0.1, 0.15) is 37.3 Å². The Bertz CT molecular complexity index is 1210. The highest BCUT2D eigenvalue weighted by Gasteiger charge is 2.34. The van der Waals surface area contributed by atoms with Gasteiger partial charge in [-0.05, 0) is 87.4 Å². The number of hydrogen-bond donors (Lipinski definition) is 1. The number of anilines is 1. The van der Waals surface area contributed by atoms with E-state index in [9.17, 15) is 14.7 Å². The molecule has 6 nitrogen and oxygen atoms in total. The van der Waals surface area contributed by atoms with E-state index in [0.29, 0.717) is 35.5 Å². The van der Waals surface area contributed by atoms with Crippen LogP contribution in [0.3, 0.4) is 0 Å². The summed E-state index contributed by atoms with van der Waals surface area (Å²) in [7, 11) is 0. The molecule has 1 aromatic heterocycles. The zero-order chi connectivity index (χ0) is 22.9. The van der Waals surface area contributed by atoms with E-state index in [0.717, 1.165) is 44.3 Å². The molecule has 3 heterocycles. The number of aromatic hydroxyl groups is 1. The second kappa shape index (κ2) is 9.02. The summed E-state index contributed by atoms with van der Waals surface area (Å²) in [6.07, 6.45) is 4.67. The number of phenolic OH excluding ortho intramolecular Hbond substituents is 1. The molecule has 0 radical (unpaired) electrons. The molecule has 0 bridgehead atoms. The van der Waals surface area contributed by atoms with E-state index in [1.165, 1.54) is 11.6 Å². The van der Waals surface area contributed by atoms with Crippen LogP contribution in [0.4, 0.5) is 5.69 Å². The number of carbonyl (C=O) groups is 1. The molecule has 6 heteroatoms. The number of fused-ring (bicyclic) bond motifs is 3. The normalized spacial score (nSPS) is 18.3. The molecule has 172 valence electrons. The predicted molar refractivity (Wildman–Crippen MR) is 129 cm³/mol. The van der Waals surface area contributed by atoms with Crippen LogP contribution in [0.5, 0.6) is 5.75 Å². The maximum absolute atomic E-state index is 13.5. The standard InChI is InChI=1S/C27H30N2O4/c1-18(28-14-11-20(12-15-28)16-19-6-3-2-4-7-19)26(31)29-13-5-8-22-23-17-21(30)9-10-24(23)33-27(32)25(22)29/h2-4,6-7,9-10,17-18,20,30H,5,8,11-16H2,1H3/t18-/m0/s1. The number of carbonyl (C=O) groups excluding carboxylic acids is 1. The minimum absolute atomic E-state index is 0.0516. The first-order valence-electron chi connectivity index (χ1n) is 11.9. The second-order valence-corrected chi connectivity index (χ2v) is 9.34. The quantitative estimate of drug-likeness (QED) is 0.611. The third-order valence-corrected chi connectivity index (χ3v) is 7.24. The second-order valence-electron chi connectivity index (χ2n) is 9.34. The van der Waals surface area contributed by atoms with Crippen molar-refractivity contribution in [1.82, 2.24) is 4.90 Å². The topological polar surface area (TPSA) is 74.0 Å². The fraction of sp³-hybridized carbons (Fsp3) is 0.407. The number of amides is 1. The highest BCUT2D eigenvalue weighted by atomic mass is 16.4. The van der Waals surface area contributed by atoms with Gasteiger partial charge in [0.2, 0.25) is 5.91 Å². The first-order valence-corrected chi connectivity index (χ1v) is 11.9. The number of aryl methyl sites for hydroxylation is 1. The largest absolute Gasteiger partial charge is 0.508 e. The molecule has 0 unspecified atom stereocenters. The molecule has 1 fully saturated rings. The van der Waals surface area contributed by atoms with Gasteiger partial charge in [-0.1, -0.05) is 30.3 Å². The third-order valence-electron chi connectivity index (χ3n) is 7.24. The van der Waals surface area contributed by atoms with Crippen molar-refractivity contribution in [3.05, 3.63) is 70.1 Å².